The lowest BCUT2D eigenvalue weighted by Gasteiger charge is -2.23. The molecule has 0 saturated carbocycles. The lowest BCUT2D eigenvalue weighted by atomic mass is 10.2. The zero-order valence-electron chi connectivity index (χ0n) is 12.3. The van der Waals surface area contributed by atoms with Gasteiger partial charge in [-0.1, -0.05) is 0 Å². The fourth-order valence-electron chi connectivity index (χ4n) is 1.35. The minimum atomic E-state index is -1.12. The van der Waals surface area contributed by atoms with E-state index in [1.54, 1.807) is 27.7 Å². The number of hydrogen-bond donors (Lipinski definition) is 2. The minimum absolute atomic E-state index is 0.0145. The van der Waals surface area contributed by atoms with Gasteiger partial charge in [0.2, 0.25) is 11.8 Å². The van der Waals surface area contributed by atoms with Crippen LogP contribution in [0.5, 0.6) is 0 Å². The summed E-state index contributed by atoms with van der Waals surface area (Å²) in [5.74, 6) is 0.270. The highest BCUT2D eigenvalue weighted by atomic mass is 16.6. The molecule has 2 N–H and O–H groups in total. The molecular formula is C12H21N3O5. The number of rotatable bonds is 5. The number of ether oxygens (including phenoxy) is 2. The first-order chi connectivity index (χ1) is 9.23. The molecule has 114 valence electrons. The van der Waals surface area contributed by atoms with Crippen molar-refractivity contribution in [1.82, 2.24) is 15.5 Å². The van der Waals surface area contributed by atoms with E-state index in [4.69, 9.17) is 13.9 Å². The molecule has 0 aromatic carbocycles. The molecule has 0 fully saturated rings. The Morgan fingerprint density at radius 3 is 2.65 bits per heavy atom. The number of nitrogens with zero attached hydrogens (tertiary/aromatic N) is 2. The van der Waals surface area contributed by atoms with E-state index >= 15 is 0 Å². The molecule has 0 bridgehead atoms. The Balaban J connectivity index is 2.57. The summed E-state index contributed by atoms with van der Waals surface area (Å²) in [5.41, 5.74) is -0.606. The van der Waals surface area contributed by atoms with Crippen LogP contribution >= 0.6 is 0 Å². The first kappa shape index (κ1) is 16.4. The zero-order chi connectivity index (χ0) is 15.3. The molecule has 0 aliphatic heterocycles. The fraction of sp³-hybridized carbons (Fsp3) is 0.750. The van der Waals surface area contributed by atoms with E-state index in [1.165, 1.54) is 7.11 Å². The smallest absolute Gasteiger partial charge is 0.407 e. The van der Waals surface area contributed by atoms with E-state index < -0.39 is 23.8 Å². The van der Waals surface area contributed by atoms with Crippen molar-refractivity contribution in [3.05, 3.63) is 11.8 Å². The maximum atomic E-state index is 11.6. The number of alkyl carbamates (subject to hydrolysis) is 1. The molecule has 0 radical (unpaired) electrons. The van der Waals surface area contributed by atoms with Crippen molar-refractivity contribution in [2.75, 3.05) is 7.11 Å². The normalized spacial score (nSPS) is 14.7. The average Bonchev–Trinajstić information content (AvgIpc) is 2.74. The van der Waals surface area contributed by atoms with E-state index in [9.17, 15) is 9.90 Å². The number of carbonyl (C=O) groups is 1. The first-order valence-corrected chi connectivity index (χ1v) is 6.21. The van der Waals surface area contributed by atoms with Crippen LogP contribution in [-0.4, -0.2) is 40.1 Å². The highest BCUT2D eigenvalue weighted by Gasteiger charge is 2.26. The van der Waals surface area contributed by atoms with E-state index in [-0.39, 0.29) is 18.4 Å². The molecule has 20 heavy (non-hydrogen) atoms. The maximum absolute atomic E-state index is 11.6. The molecule has 8 heteroatoms. The Kier molecular flexibility index (Phi) is 5.46. The van der Waals surface area contributed by atoms with Gasteiger partial charge in [-0.05, 0) is 27.7 Å². The van der Waals surface area contributed by atoms with Crippen LogP contribution in [0.15, 0.2) is 4.42 Å². The Labute approximate surface area is 117 Å². The molecule has 1 heterocycles. The summed E-state index contributed by atoms with van der Waals surface area (Å²) >= 11 is 0. The third-order valence-electron chi connectivity index (χ3n) is 2.22. The number of aliphatic hydroxyl groups is 1. The molecular weight excluding hydrogens is 266 g/mol. The largest absolute Gasteiger partial charge is 0.444 e. The van der Waals surface area contributed by atoms with Gasteiger partial charge in [0.1, 0.15) is 12.2 Å². The first-order valence-electron chi connectivity index (χ1n) is 6.21. The van der Waals surface area contributed by atoms with Gasteiger partial charge < -0.3 is 24.3 Å². The third-order valence-corrected chi connectivity index (χ3v) is 2.22. The van der Waals surface area contributed by atoms with Crippen LogP contribution in [0.25, 0.3) is 0 Å². The van der Waals surface area contributed by atoms with E-state index in [0.717, 1.165) is 0 Å². The number of carbonyl (C=O) groups excluding carboxylic acids is 1. The molecule has 2 atom stereocenters. The van der Waals surface area contributed by atoms with Crippen LogP contribution in [0.4, 0.5) is 4.79 Å². The lowest BCUT2D eigenvalue weighted by molar-refractivity contribution is 0.0403. The zero-order valence-corrected chi connectivity index (χ0v) is 12.3. The second kappa shape index (κ2) is 6.67. The predicted octanol–water partition coefficient (Wildman–Crippen LogP) is 1.16. The molecule has 0 aliphatic rings. The Morgan fingerprint density at radius 2 is 2.10 bits per heavy atom. The lowest BCUT2D eigenvalue weighted by Crippen LogP contribution is -2.40. The third kappa shape index (κ3) is 5.14. The summed E-state index contributed by atoms with van der Waals surface area (Å²) in [5, 5.41) is 19.9. The summed E-state index contributed by atoms with van der Waals surface area (Å²) in [6.07, 6.45) is -1.75. The van der Waals surface area contributed by atoms with Crippen LogP contribution in [0, 0.1) is 0 Å². The van der Waals surface area contributed by atoms with Crippen molar-refractivity contribution in [3.63, 3.8) is 0 Å². The quantitative estimate of drug-likeness (QED) is 0.836. The second-order valence-electron chi connectivity index (χ2n) is 5.35. The maximum Gasteiger partial charge on any atom is 0.407 e. The van der Waals surface area contributed by atoms with Gasteiger partial charge in [0.05, 0.1) is 6.04 Å². The van der Waals surface area contributed by atoms with Crippen molar-refractivity contribution in [1.29, 1.82) is 0 Å². The number of aliphatic hydroxyl groups excluding tert-OH is 1. The van der Waals surface area contributed by atoms with Gasteiger partial charge in [0.25, 0.3) is 0 Å². The topological polar surface area (TPSA) is 107 Å². The molecule has 0 spiro atoms. The van der Waals surface area contributed by atoms with Crippen molar-refractivity contribution >= 4 is 6.09 Å². The SMILES string of the molecule is COCc1nnc(C(O)[C@H](C)NC(=O)OC(C)(C)C)o1. The molecule has 0 saturated heterocycles. The average molecular weight is 287 g/mol. The van der Waals surface area contributed by atoms with Gasteiger partial charge >= 0.3 is 6.09 Å². The highest BCUT2D eigenvalue weighted by molar-refractivity contribution is 5.68. The van der Waals surface area contributed by atoms with Gasteiger partial charge in [-0.3, -0.25) is 0 Å². The van der Waals surface area contributed by atoms with Crippen LogP contribution in [-0.2, 0) is 16.1 Å². The Morgan fingerprint density at radius 1 is 1.45 bits per heavy atom. The van der Waals surface area contributed by atoms with Crippen molar-refractivity contribution in [2.45, 2.75) is 52.0 Å². The van der Waals surface area contributed by atoms with Gasteiger partial charge in [-0.15, -0.1) is 10.2 Å². The molecule has 1 unspecified atom stereocenters. The van der Waals surface area contributed by atoms with E-state index in [1.807, 2.05) is 0 Å². The molecule has 1 rings (SSSR count). The van der Waals surface area contributed by atoms with Gasteiger partial charge in [0.15, 0.2) is 6.10 Å². The van der Waals surface area contributed by atoms with Crippen molar-refractivity contribution in [3.8, 4) is 0 Å². The second-order valence-corrected chi connectivity index (χ2v) is 5.35. The van der Waals surface area contributed by atoms with Crippen LogP contribution in [0.2, 0.25) is 0 Å². The Bertz CT molecular complexity index is 441. The monoisotopic (exact) mass is 287 g/mol. The van der Waals surface area contributed by atoms with Gasteiger partial charge in [0, 0.05) is 7.11 Å². The number of hydrogen-bond acceptors (Lipinski definition) is 7. The van der Waals surface area contributed by atoms with Crippen LogP contribution in [0.3, 0.4) is 0 Å². The fourth-order valence-corrected chi connectivity index (χ4v) is 1.35. The summed E-state index contributed by atoms with van der Waals surface area (Å²) in [6.45, 7) is 7.02. The predicted molar refractivity (Wildman–Crippen MR) is 68.8 cm³/mol. The number of methoxy groups -OCH3 is 1. The standard InChI is InChI=1S/C12H21N3O5/c1-7(13-11(17)20-12(2,3)4)9(16)10-15-14-8(19-10)6-18-5/h7,9,16H,6H2,1-5H3,(H,13,17)/t7-,9?/m0/s1. The molecule has 8 nitrogen and oxygen atoms in total. The van der Waals surface area contributed by atoms with Crippen molar-refractivity contribution in [2.24, 2.45) is 0 Å². The summed E-state index contributed by atoms with van der Waals surface area (Å²) in [6, 6.07) is -0.638. The minimum Gasteiger partial charge on any atom is -0.444 e. The van der Waals surface area contributed by atoms with Gasteiger partial charge in [-0.2, -0.15) is 0 Å². The molecule has 1 amide bonds. The van der Waals surface area contributed by atoms with Crippen molar-refractivity contribution < 1.29 is 23.8 Å². The summed E-state index contributed by atoms with van der Waals surface area (Å²) < 4.78 is 15.1. The Hall–Kier alpha value is -1.67. The molecule has 1 aromatic rings. The summed E-state index contributed by atoms with van der Waals surface area (Å²) in [4.78, 5) is 11.6. The van der Waals surface area contributed by atoms with E-state index in [2.05, 4.69) is 15.5 Å². The van der Waals surface area contributed by atoms with Gasteiger partial charge in [-0.25, -0.2) is 4.79 Å². The van der Waals surface area contributed by atoms with Crippen LogP contribution < -0.4 is 5.32 Å². The van der Waals surface area contributed by atoms with Crippen LogP contribution in [0.1, 0.15) is 45.6 Å². The number of amides is 1. The molecule has 0 aliphatic carbocycles. The number of aromatic nitrogens is 2. The van der Waals surface area contributed by atoms with E-state index in [0.29, 0.717) is 0 Å². The summed E-state index contributed by atoms with van der Waals surface area (Å²) in [7, 11) is 1.49. The highest BCUT2D eigenvalue weighted by Crippen LogP contribution is 2.16. The number of nitrogens with one attached hydrogen (secondary N) is 1. The molecule has 1 aromatic heterocycles.